The van der Waals surface area contributed by atoms with Gasteiger partial charge in [-0.15, -0.1) is 0 Å². The fourth-order valence-corrected chi connectivity index (χ4v) is 9.54. The average molecular weight is 1080 g/mol. The molecule has 1 heterocycles. The number of ether oxygens (including phenoxy) is 2. The van der Waals surface area contributed by atoms with Gasteiger partial charge in [0.1, 0.15) is 29.4 Å². The highest BCUT2D eigenvalue weighted by molar-refractivity contribution is 9.10. The molecule has 400 valence electrons. The van der Waals surface area contributed by atoms with Crippen LogP contribution in [0.2, 0.25) is 0 Å². The molecule has 1 aliphatic heterocycles. The summed E-state index contributed by atoms with van der Waals surface area (Å²) in [7, 11) is -0.333. The van der Waals surface area contributed by atoms with E-state index in [2.05, 4.69) is 103 Å². The molecule has 2 saturated carbocycles. The molecule has 73 heavy (non-hydrogen) atoms. The summed E-state index contributed by atoms with van der Waals surface area (Å²) in [5.41, 5.74) is 8.82. The molecular formula is C58H80BBrF2N2O9. The van der Waals surface area contributed by atoms with Crippen molar-refractivity contribution in [3.8, 4) is 22.6 Å². The molecule has 0 unspecified atom stereocenters. The van der Waals surface area contributed by atoms with E-state index in [9.17, 15) is 23.2 Å². The Balaban J connectivity index is 0.000000245. The molecule has 3 fully saturated rings. The second-order valence-corrected chi connectivity index (χ2v) is 23.4. The summed E-state index contributed by atoms with van der Waals surface area (Å²) < 4.78 is 52.1. The predicted octanol–water partition coefficient (Wildman–Crippen LogP) is 12.8. The molecule has 11 nitrogen and oxygen atoms in total. The van der Waals surface area contributed by atoms with Crippen molar-refractivity contribution in [1.82, 2.24) is 5.32 Å². The van der Waals surface area contributed by atoms with Crippen LogP contribution in [-0.2, 0) is 25.4 Å². The van der Waals surface area contributed by atoms with E-state index in [1.54, 1.807) is 6.07 Å². The normalized spacial score (nSPS) is 20.2. The summed E-state index contributed by atoms with van der Waals surface area (Å²) in [6, 6.07) is 25.0. The molecule has 2 aliphatic carbocycles. The maximum Gasteiger partial charge on any atom is 0.494 e. The van der Waals surface area contributed by atoms with E-state index in [4.69, 9.17) is 34.7 Å². The van der Waals surface area contributed by atoms with Gasteiger partial charge in [0, 0.05) is 29.7 Å². The molecule has 0 bridgehead atoms. The Kier molecular flexibility index (Phi) is 23.1. The SMILES string of the molecule is CC(C)(C)C1CCC(Oc2cccc(-c3cc(F)cc(CNCCC(=O)O)c3)c2)CC1.CC(C)(C)C1CCC(Oc2cccc(B3OC(C)(C)C(C)(C)O3)c2)CC1.NCCC(=O)O.O=Cc1cc(F)cc(Br)c1. The average Bonchev–Trinajstić information content (AvgIpc) is 3.53. The zero-order valence-electron chi connectivity index (χ0n) is 44.7. The Morgan fingerprint density at radius 2 is 1.22 bits per heavy atom. The monoisotopic (exact) mass is 1080 g/mol. The lowest BCUT2D eigenvalue weighted by Crippen LogP contribution is -2.41. The van der Waals surface area contributed by atoms with Gasteiger partial charge in [0.25, 0.3) is 0 Å². The molecular weight excluding hydrogens is 997 g/mol. The van der Waals surface area contributed by atoms with Gasteiger partial charge in [0.05, 0.1) is 36.3 Å². The largest absolute Gasteiger partial charge is 0.494 e. The van der Waals surface area contributed by atoms with E-state index in [-0.39, 0.29) is 49.6 Å². The van der Waals surface area contributed by atoms with Crippen molar-refractivity contribution in [1.29, 1.82) is 0 Å². The molecule has 0 atom stereocenters. The van der Waals surface area contributed by atoms with Gasteiger partial charge >= 0.3 is 19.1 Å². The van der Waals surface area contributed by atoms with Crippen LogP contribution in [0.5, 0.6) is 11.5 Å². The Labute approximate surface area is 442 Å². The van der Waals surface area contributed by atoms with Gasteiger partial charge in [-0.3, -0.25) is 14.4 Å². The van der Waals surface area contributed by atoms with E-state index in [1.807, 2.05) is 42.5 Å². The summed E-state index contributed by atoms with van der Waals surface area (Å²) >= 11 is 3.05. The van der Waals surface area contributed by atoms with Gasteiger partial charge in [-0.1, -0.05) is 81.7 Å². The van der Waals surface area contributed by atoms with Crippen LogP contribution in [0.1, 0.15) is 149 Å². The van der Waals surface area contributed by atoms with Crippen molar-refractivity contribution in [3.05, 3.63) is 112 Å². The molecule has 5 N–H and O–H groups in total. The fraction of sp³-hybridized carbons (Fsp3) is 0.534. The van der Waals surface area contributed by atoms with Crippen LogP contribution in [0, 0.1) is 34.3 Å². The first kappa shape index (κ1) is 60.9. The van der Waals surface area contributed by atoms with Gasteiger partial charge < -0.3 is 40.0 Å². The van der Waals surface area contributed by atoms with E-state index in [0.717, 1.165) is 71.2 Å². The van der Waals surface area contributed by atoms with Crippen LogP contribution < -0.4 is 26.0 Å². The lowest BCUT2D eigenvalue weighted by atomic mass is 9.72. The number of carboxylic acids is 2. The van der Waals surface area contributed by atoms with Crippen LogP contribution in [0.3, 0.4) is 0 Å². The highest BCUT2D eigenvalue weighted by Crippen LogP contribution is 2.41. The minimum Gasteiger partial charge on any atom is -0.490 e. The summed E-state index contributed by atoms with van der Waals surface area (Å²) in [6.07, 6.45) is 10.6. The number of carboxylic acid groups (broad SMARTS) is 2. The second-order valence-electron chi connectivity index (χ2n) is 22.5. The van der Waals surface area contributed by atoms with Crippen LogP contribution in [-0.4, -0.2) is 72.1 Å². The molecule has 4 aromatic rings. The van der Waals surface area contributed by atoms with Crippen molar-refractivity contribution < 1.29 is 52.2 Å². The Hall–Kier alpha value is -4.67. The predicted molar refractivity (Wildman–Crippen MR) is 290 cm³/mol. The van der Waals surface area contributed by atoms with E-state index in [1.165, 1.54) is 49.9 Å². The number of hydrogen-bond acceptors (Lipinski definition) is 9. The van der Waals surface area contributed by atoms with Gasteiger partial charge in [-0.05, 0) is 185 Å². The second kappa shape index (κ2) is 27.7. The van der Waals surface area contributed by atoms with Crippen LogP contribution >= 0.6 is 15.9 Å². The first-order chi connectivity index (χ1) is 34.2. The van der Waals surface area contributed by atoms with Gasteiger partial charge in [-0.25, -0.2) is 8.78 Å². The zero-order valence-corrected chi connectivity index (χ0v) is 46.3. The Bertz CT molecular complexity index is 2350. The molecule has 0 aromatic heterocycles. The third kappa shape index (κ3) is 20.5. The summed E-state index contributed by atoms with van der Waals surface area (Å²) in [5, 5.41) is 19.6. The quantitative estimate of drug-likeness (QED) is 0.0539. The third-order valence-corrected chi connectivity index (χ3v) is 14.6. The molecule has 4 aromatic carbocycles. The number of halogens is 3. The molecule has 0 radical (unpaired) electrons. The number of aliphatic carboxylic acids is 2. The lowest BCUT2D eigenvalue weighted by Gasteiger charge is -2.37. The van der Waals surface area contributed by atoms with Crippen molar-refractivity contribution in [2.75, 3.05) is 13.1 Å². The Morgan fingerprint density at radius 3 is 1.68 bits per heavy atom. The standard InChI is InChI=1S/C26H34FNO3.C22H35BO3.C7H4BrFO.C3H7NO2/c1-26(2,3)21-7-9-23(10-8-21)31-24-6-4-5-19(16-24)20-13-18(14-22(27)15-20)17-28-12-11-25(29)30;1-20(2,3)16-11-13-18(14-12-16)24-19-10-8-9-17(15-19)23-25-21(4,5)22(6,7)26-23;8-6-1-5(4-10)2-7(9)3-6;4-2-1-3(5)6/h4-6,13-16,21,23,28H,7-12,17H2,1-3H3,(H,29,30);8-10,15-16,18H,11-14H2,1-7H3;1-4H;1-2,4H2,(H,5,6). The van der Waals surface area contributed by atoms with E-state index >= 15 is 0 Å². The smallest absolute Gasteiger partial charge is 0.490 e. The molecule has 0 spiro atoms. The number of rotatable bonds is 14. The number of hydrogen-bond donors (Lipinski definition) is 4. The minimum absolute atomic E-state index is 0.0409. The maximum atomic E-state index is 14.2. The summed E-state index contributed by atoms with van der Waals surface area (Å²) in [6.45, 7) is 23.4. The summed E-state index contributed by atoms with van der Waals surface area (Å²) in [5.74, 6) is 0.898. The molecule has 7 rings (SSSR count). The number of nitrogens with two attached hydrogens (primary N) is 1. The Morgan fingerprint density at radius 1 is 0.712 bits per heavy atom. The first-order valence-electron chi connectivity index (χ1n) is 25.6. The van der Waals surface area contributed by atoms with Crippen molar-refractivity contribution in [2.24, 2.45) is 28.4 Å². The van der Waals surface area contributed by atoms with Crippen molar-refractivity contribution in [3.63, 3.8) is 0 Å². The molecule has 1 saturated heterocycles. The number of carbonyl (C=O) groups is 3. The number of nitrogens with one attached hydrogen (secondary N) is 1. The number of benzene rings is 4. The van der Waals surface area contributed by atoms with E-state index < -0.39 is 17.8 Å². The topological polar surface area (TPSA) is 167 Å². The highest BCUT2D eigenvalue weighted by atomic mass is 79.9. The maximum absolute atomic E-state index is 14.2. The number of carbonyl (C=O) groups excluding carboxylic acids is 1. The van der Waals surface area contributed by atoms with Crippen molar-refractivity contribution >= 4 is 46.7 Å². The van der Waals surface area contributed by atoms with Crippen molar-refractivity contribution in [2.45, 2.75) is 163 Å². The zero-order chi connectivity index (χ0) is 54.1. The van der Waals surface area contributed by atoms with E-state index in [0.29, 0.717) is 46.3 Å². The van der Waals surface area contributed by atoms with Gasteiger partial charge in [-0.2, -0.15) is 0 Å². The molecule has 0 amide bonds. The fourth-order valence-electron chi connectivity index (χ4n) is 9.05. The van der Waals surface area contributed by atoms with Crippen LogP contribution in [0.25, 0.3) is 11.1 Å². The highest BCUT2D eigenvalue weighted by Gasteiger charge is 2.51. The van der Waals surface area contributed by atoms with Crippen LogP contribution in [0.15, 0.2) is 89.4 Å². The minimum atomic E-state index is -0.851. The molecule has 3 aliphatic rings. The van der Waals surface area contributed by atoms with Gasteiger partial charge in [0.2, 0.25) is 0 Å². The lowest BCUT2D eigenvalue weighted by molar-refractivity contribution is -0.137. The summed E-state index contributed by atoms with van der Waals surface area (Å²) in [4.78, 5) is 30.3. The number of aldehydes is 1. The van der Waals surface area contributed by atoms with Gasteiger partial charge in [0.15, 0.2) is 0 Å². The molecule has 15 heteroatoms. The van der Waals surface area contributed by atoms with Crippen LogP contribution in [0.4, 0.5) is 8.78 Å². The first-order valence-corrected chi connectivity index (χ1v) is 26.4. The third-order valence-electron chi connectivity index (χ3n) is 14.1.